The molecule has 0 spiro atoms. The quantitative estimate of drug-likeness (QED) is 0.674. The number of benzene rings is 1. The molecule has 0 radical (unpaired) electrons. The lowest BCUT2D eigenvalue weighted by Gasteiger charge is -2.19. The summed E-state index contributed by atoms with van der Waals surface area (Å²) in [6, 6.07) is 9.78. The van der Waals surface area contributed by atoms with Gasteiger partial charge in [-0.25, -0.2) is 0 Å². The van der Waals surface area contributed by atoms with Crippen molar-refractivity contribution in [3.8, 4) is 0 Å². The number of hydrogen-bond acceptors (Lipinski definition) is 3. The van der Waals surface area contributed by atoms with Crippen LogP contribution < -0.4 is 5.32 Å². The second kappa shape index (κ2) is 8.23. The maximum atomic E-state index is 9.92. The molecule has 0 saturated carbocycles. The van der Waals surface area contributed by atoms with Crippen molar-refractivity contribution in [3.63, 3.8) is 0 Å². The minimum atomic E-state index is -0.409. The highest BCUT2D eigenvalue weighted by molar-refractivity contribution is 5.17. The van der Waals surface area contributed by atoms with Crippen molar-refractivity contribution in [3.05, 3.63) is 35.9 Å². The molecule has 1 rings (SSSR count). The molecular formula is C14H24N2O. The van der Waals surface area contributed by atoms with E-state index in [0.29, 0.717) is 6.54 Å². The normalized spacial score (nSPS) is 12.9. The van der Waals surface area contributed by atoms with Gasteiger partial charge in [-0.15, -0.1) is 0 Å². The van der Waals surface area contributed by atoms with Gasteiger partial charge in [0, 0.05) is 19.6 Å². The predicted octanol–water partition coefficient (Wildman–Crippen LogP) is 1.65. The molecule has 0 unspecified atom stereocenters. The van der Waals surface area contributed by atoms with E-state index in [1.807, 2.05) is 30.3 Å². The minimum absolute atomic E-state index is 0.409. The van der Waals surface area contributed by atoms with Gasteiger partial charge in [-0.05, 0) is 18.7 Å². The van der Waals surface area contributed by atoms with Gasteiger partial charge in [0.25, 0.3) is 0 Å². The number of aliphatic hydroxyl groups is 1. The Balaban J connectivity index is 2.19. The van der Waals surface area contributed by atoms with Crippen molar-refractivity contribution in [2.75, 3.05) is 32.7 Å². The fourth-order valence-corrected chi connectivity index (χ4v) is 1.81. The van der Waals surface area contributed by atoms with Crippen LogP contribution in [0, 0.1) is 0 Å². The molecule has 1 atom stereocenters. The van der Waals surface area contributed by atoms with E-state index in [1.165, 1.54) is 0 Å². The van der Waals surface area contributed by atoms with Gasteiger partial charge in [-0.1, -0.05) is 44.2 Å². The highest BCUT2D eigenvalue weighted by Gasteiger charge is 2.05. The second-order valence-corrected chi connectivity index (χ2v) is 4.16. The molecule has 0 aromatic heterocycles. The van der Waals surface area contributed by atoms with Crippen molar-refractivity contribution in [2.24, 2.45) is 0 Å². The Morgan fingerprint density at radius 3 is 2.41 bits per heavy atom. The molecule has 3 heteroatoms. The Morgan fingerprint density at radius 1 is 1.18 bits per heavy atom. The van der Waals surface area contributed by atoms with Crippen LogP contribution >= 0.6 is 0 Å². The molecule has 0 aliphatic carbocycles. The number of nitrogens with one attached hydrogen (secondary N) is 1. The molecule has 2 N–H and O–H groups in total. The van der Waals surface area contributed by atoms with Gasteiger partial charge in [0.2, 0.25) is 0 Å². The Bertz CT molecular complexity index is 286. The fourth-order valence-electron chi connectivity index (χ4n) is 1.81. The Kier molecular flexibility index (Phi) is 6.86. The molecule has 0 bridgehead atoms. The first kappa shape index (κ1) is 14.2. The van der Waals surface area contributed by atoms with Gasteiger partial charge in [-0.2, -0.15) is 0 Å². The summed E-state index contributed by atoms with van der Waals surface area (Å²) >= 11 is 0. The van der Waals surface area contributed by atoms with E-state index in [9.17, 15) is 5.11 Å². The smallest absolute Gasteiger partial charge is 0.0914 e. The van der Waals surface area contributed by atoms with E-state index in [-0.39, 0.29) is 0 Å². The molecule has 0 aliphatic rings. The van der Waals surface area contributed by atoms with Crippen LogP contribution in [-0.4, -0.2) is 42.7 Å². The first-order valence-corrected chi connectivity index (χ1v) is 6.44. The van der Waals surface area contributed by atoms with E-state index >= 15 is 0 Å². The van der Waals surface area contributed by atoms with Crippen LogP contribution in [0.5, 0.6) is 0 Å². The summed E-state index contributed by atoms with van der Waals surface area (Å²) in [5.41, 5.74) is 0.975. The van der Waals surface area contributed by atoms with E-state index in [0.717, 1.165) is 31.7 Å². The van der Waals surface area contributed by atoms with E-state index in [1.54, 1.807) is 0 Å². The fraction of sp³-hybridized carbons (Fsp3) is 0.571. The van der Waals surface area contributed by atoms with Crippen LogP contribution in [0.15, 0.2) is 30.3 Å². The van der Waals surface area contributed by atoms with Crippen molar-refractivity contribution < 1.29 is 5.11 Å². The van der Waals surface area contributed by atoms with Crippen molar-refractivity contribution in [1.82, 2.24) is 10.2 Å². The molecule has 96 valence electrons. The first-order chi connectivity index (χ1) is 8.27. The van der Waals surface area contributed by atoms with E-state index in [4.69, 9.17) is 0 Å². The first-order valence-electron chi connectivity index (χ1n) is 6.44. The zero-order valence-corrected chi connectivity index (χ0v) is 10.9. The molecule has 3 nitrogen and oxygen atoms in total. The summed E-state index contributed by atoms with van der Waals surface area (Å²) in [5, 5.41) is 13.2. The molecule has 0 amide bonds. The minimum Gasteiger partial charge on any atom is -0.387 e. The van der Waals surface area contributed by atoms with Gasteiger partial charge < -0.3 is 15.3 Å². The SMILES string of the molecule is CCN(CC)CCNC[C@H](O)c1ccccc1. The van der Waals surface area contributed by atoms with Crippen LogP contribution in [-0.2, 0) is 0 Å². The Hall–Kier alpha value is -0.900. The monoisotopic (exact) mass is 236 g/mol. The standard InChI is InChI=1S/C14H24N2O/c1-3-16(4-2)11-10-15-12-14(17)13-8-6-5-7-9-13/h5-9,14-15,17H,3-4,10-12H2,1-2H3/t14-/m0/s1. The maximum absolute atomic E-state index is 9.92. The summed E-state index contributed by atoms with van der Waals surface area (Å²) in [5.74, 6) is 0. The number of likely N-dealkylation sites (N-methyl/N-ethyl adjacent to an activating group) is 1. The second-order valence-electron chi connectivity index (χ2n) is 4.16. The molecule has 0 saturated heterocycles. The van der Waals surface area contributed by atoms with Gasteiger partial charge in [-0.3, -0.25) is 0 Å². The number of rotatable bonds is 8. The summed E-state index contributed by atoms with van der Waals surface area (Å²) in [7, 11) is 0. The largest absolute Gasteiger partial charge is 0.387 e. The zero-order chi connectivity index (χ0) is 12.5. The lowest BCUT2D eigenvalue weighted by molar-refractivity contribution is 0.172. The lowest BCUT2D eigenvalue weighted by Crippen LogP contribution is -2.33. The summed E-state index contributed by atoms with van der Waals surface area (Å²) in [4.78, 5) is 2.36. The molecule has 1 aromatic rings. The summed E-state index contributed by atoms with van der Waals surface area (Å²) < 4.78 is 0. The van der Waals surface area contributed by atoms with Crippen molar-refractivity contribution in [1.29, 1.82) is 0 Å². The molecule has 1 aromatic carbocycles. The summed E-state index contributed by atoms with van der Waals surface area (Å²) in [6.45, 7) is 9.08. The third kappa shape index (κ3) is 5.31. The topological polar surface area (TPSA) is 35.5 Å². The van der Waals surface area contributed by atoms with Gasteiger partial charge in [0.15, 0.2) is 0 Å². The maximum Gasteiger partial charge on any atom is 0.0914 e. The zero-order valence-electron chi connectivity index (χ0n) is 10.9. The number of nitrogens with zero attached hydrogens (tertiary/aromatic N) is 1. The van der Waals surface area contributed by atoms with Crippen LogP contribution in [0.3, 0.4) is 0 Å². The van der Waals surface area contributed by atoms with Crippen LogP contribution in [0.25, 0.3) is 0 Å². The van der Waals surface area contributed by atoms with E-state index in [2.05, 4.69) is 24.1 Å². The summed E-state index contributed by atoms with van der Waals surface area (Å²) in [6.07, 6.45) is -0.409. The number of hydrogen-bond donors (Lipinski definition) is 2. The molecule has 0 fully saturated rings. The average molecular weight is 236 g/mol. The molecule has 0 heterocycles. The third-order valence-electron chi connectivity index (χ3n) is 3.02. The van der Waals surface area contributed by atoms with Crippen LogP contribution in [0.2, 0.25) is 0 Å². The van der Waals surface area contributed by atoms with Gasteiger partial charge in [0.1, 0.15) is 0 Å². The Labute approximate surface area is 104 Å². The van der Waals surface area contributed by atoms with E-state index < -0.39 is 6.10 Å². The van der Waals surface area contributed by atoms with Gasteiger partial charge >= 0.3 is 0 Å². The highest BCUT2D eigenvalue weighted by Crippen LogP contribution is 2.10. The van der Waals surface area contributed by atoms with Crippen LogP contribution in [0.1, 0.15) is 25.5 Å². The van der Waals surface area contributed by atoms with Crippen molar-refractivity contribution >= 4 is 0 Å². The Morgan fingerprint density at radius 2 is 1.82 bits per heavy atom. The third-order valence-corrected chi connectivity index (χ3v) is 3.02. The van der Waals surface area contributed by atoms with Crippen LogP contribution in [0.4, 0.5) is 0 Å². The average Bonchev–Trinajstić information content (AvgIpc) is 2.40. The molecule has 0 aliphatic heterocycles. The highest BCUT2D eigenvalue weighted by atomic mass is 16.3. The lowest BCUT2D eigenvalue weighted by atomic mass is 10.1. The predicted molar refractivity (Wildman–Crippen MR) is 72.1 cm³/mol. The van der Waals surface area contributed by atoms with Gasteiger partial charge in [0.05, 0.1) is 6.10 Å². The number of aliphatic hydroxyl groups excluding tert-OH is 1. The van der Waals surface area contributed by atoms with Crippen molar-refractivity contribution in [2.45, 2.75) is 20.0 Å². The molecular weight excluding hydrogens is 212 g/mol. The molecule has 17 heavy (non-hydrogen) atoms.